The van der Waals surface area contributed by atoms with Crippen molar-refractivity contribution in [1.82, 2.24) is 15.2 Å². The molecule has 132 valence electrons. The van der Waals surface area contributed by atoms with Crippen molar-refractivity contribution < 1.29 is 14.7 Å². The van der Waals surface area contributed by atoms with E-state index < -0.39 is 0 Å². The highest BCUT2D eigenvalue weighted by atomic mass is 16.3. The molecular weight excluding hydrogens is 320 g/mol. The summed E-state index contributed by atoms with van der Waals surface area (Å²) in [5, 5.41) is 15.1. The third-order valence-electron chi connectivity index (χ3n) is 3.55. The van der Waals surface area contributed by atoms with E-state index in [1.165, 1.54) is 4.90 Å². The lowest BCUT2D eigenvalue weighted by Crippen LogP contribution is -2.38. The van der Waals surface area contributed by atoms with Gasteiger partial charge in [0.1, 0.15) is 11.6 Å². The van der Waals surface area contributed by atoms with Gasteiger partial charge in [-0.2, -0.15) is 0 Å². The number of aromatic hydroxyl groups is 1. The first kappa shape index (κ1) is 18.3. The van der Waals surface area contributed by atoms with E-state index in [1.54, 1.807) is 43.6 Å². The number of pyridine rings is 1. The fourth-order valence-electron chi connectivity index (χ4n) is 2.14. The number of benzene rings is 1. The van der Waals surface area contributed by atoms with Crippen LogP contribution in [0.1, 0.15) is 17.5 Å². The number of phenolic OH excluding ortho intramolecular Hbond substituents is 1. The molecule has 0 saturated carbocycles. The van der Waals surface area contributed by atoms with Crippen molar-refractivity contribution in [3.05, 3.63) is 53.7 Å². The van der Waals surface area contributed by atoms with Gasteiger partial charge in [-0.25, -0.2) is 9.78 Å². The lowest BCUT2D eigenvalue weighted by molar-refractivity contribution is -0.116. The van der Waals surface area contributed by atoms with Crippen LogP contribution in [0.25, 0.3) is 0 Å². The smallest absolute Gasteiger partial charge is 0.317 e. The number of para-hydroxylation sites is 1. The summed E-state index contributed by atoms with van der Waals surface area (Å²) in [7, 11) is 1.62. The number of aromatic nitrogens is 1. The second-order valence-electron chi connectivity index (χ2n) is 5.74. The molecule has 0 saturated heterocycles. The van der Waals surface area contributed by atoms with E-state index in [2.05, 4.69) is 15.6 Å². The molecule has 1 aromatic carbocycles. The molecule has 0 aliphatic carbocycles. The Balaban J connectivity index is 1.73. The number of amides is 3. The highest BCUT2D eigenvalue weighted by Gasteiger charge is 2.11. The van der Waals surface area contributed by atoms with Gasteiger partial charge in [-0.1, -0.05) is 24.3 Å². The van der Waals surface area contributed by atoms with E-state index in [-0.39, 0.29) is 37.2 Å². The largest absolute Gasteiger partial charge is 0.508 e. The third-order valence-corrected chi connectivity index (χ3v) is 3.55. The Hall–Kier alpha value is -3.09. The summed E-state index contributed by atoms with van der Waals surface area (Å²) in [6.07, 6.45) is 1.82. The third kappa shape index (κ3) is 5.80. The molecule has 7 nitrogen and oxygen atoms in total. The maximum Gasteiger partial charge on any atom is 0.317 e. The zero-order valence-corrected chi connectivity index (χ0v) is 14.3. The number of nitrogens with zero attached hydrogens (tertiary/aromatic N) is 2. The van der Waals surface area contributed by atoms with Crippen LogP contribution in [0.4, 0.5) is 10.6 Å². The van der Waals surface area contributed by atoms with Gasteiger partial charge in [-0.3, -0.25) is 4.79 Å². The molecular formula is C18H22N4O3. The number of phenols is 1. The quantitative estimate of drug-likeness (QED) is 0.750. The monoisotopic (exact) mass is 342 g/mol. The maximum absolute atomic E-state index is 12.0. The Morgan fingerprint density at radius 3 is 2.64 bits per heavy atom. The molecule has 0 aliphatic heterocycles. The molecule has 0 atom stereocenters. The zero-order valence-electron chi connectivity index (χ0n) is 14.3. The molecule has 0 radical (unpaired) electrons. The summed E-state index contributed by atoms with van der Waals surface area (Å²) < 4.78 is 0. The summed E-state index contributed by atoms with van der Waals surface area (Å²) in [5.41, 5.74) is 1.67. The van der Waals surface area contributed by atoms with Gasteiger partial charge in [0.05, 0.1) is 6.54 Å². The van der Waals surface area contributed by atoms with Crippen molar-refractivity contribution >= 4 is 17.8 Å². The van der Waals surface area contributed by atoms with Crippen LogP contribution < -0.4 is 10.6 Å². The van der Waals surface area contributed by atoms with Crippen molar-refractivity contribution in [2.24, 2.45) is 0 Å². The average molecular weight is 342 g/mol. The Kier molecular flexibility index (Phi) is 6.33. The van der Waals surface area contributed by atoms with E-state index in [4.69, 9.17) is 0 Å². The second-order valence-corrected chi connectivity index (χ2v) is 5.74. The number of hydrogen-bond donors (Lipinski definition) is 3. The standard InChI is InChI=1S/C18H22N4O3/c1-13-7-8-16(20-11-13)21-17(24)9-10-19-18(25)22(2)12-14-5-3-4-6-15(14)23/h3-8,11,23H,9-10,12H2,1-2H3,(H,19,25)(H,20,21,24). The van der Waals surface area contributed by atoms with E-state index in [1.807, 2.05) is 13.0 Å². The molecule has 0 aliphatic rings. The molecule has 25 heavy (non-hydrogen) atoms. The molecule has 2 rings (SSSR count). The predicted octanol–water partition coefficient (Wildman–Crippen LogP) is 2.27. The minimum Gasteiger partial charge on any atom is -0.508 e. The molecule has 0 unspecified atom stereocenters. The van der Waals surface area contributed by atoms with Crippen LogP contribution in [0.3, 0.4) is 0 Å². The van der Waals surface area contributed by atoms with Crippen molar-refractivity contribution in [2.75, 3.05) is 18.9 Å². The molecule has 2 aromatic rings. The molecule has 1 heterocycles. The van der Waals surface area contributed by atoms with Crippen LogP contribution in [0, 0.1) is 6.92 Å². The first-order valence-electron chi connectivity index (χ1n) is 7.94. The predicted molar refractivity (Wildman–Crippen MR) is 95.2 cm³/mol. The van der Waals surface area contributed by atoms with E-state index >= 15 is 0 Å². The number of aryl methyl sites for hydroxylation is 1. The summed E-state index contributed by atoms with van der Waals surface area (Å²) in [5.74, 6) is 0.408. The Bertz CT molecular complexity index is 731. The number of carbonyl (C=O) groups is 2. The molecule has 3 amide bonds. The molecule has 1 aromatic heterocycles. The van der Waals surface area contributed by atoms with Crippen LogP contribution in [-0.2, 0) is 11.3 Å². The van der Waals surface area contributed by atoms with Gasteiger partial charge >= 0.3 is 6.03 Å². The van der Waals surface area contributed by atoms with Crippen LogP contribution in [-0.4, -0.2) is 40.5 Å². The van der Waals surface area contributed by atoms with Crippen LogP contribution in [0.15, 0.2) is 42.6 Å². The highest BCUT2D eigenvalue weighted by molar-refractivity contribution is 5.90. The van der Waals surface area contributed by atoms with E-state index in [9.17, 15) is 14.7 Å². The summed E-state index contributed by atoms with van der Waals surface area (Å²) in [4.78, 5) is 29.4. The SMILES string of the molecule is Cc1ccc(NC(=O)CCNC(=O)N(C)Cc2ccccc2O)nc1. The minimum atomic E-state index is -0.315. The number of nitrogens with one attached hydrogen (secondary N) is 2. The lowest BCUT2D eigenvalue weighted by Gasteiger charge is -2.18. The van der Waals surface area contributed by atoms with Gasteiger partial charge in [-0.15, -0.1) is 0 Å². The van der Waals surface area contributed by atoms with Gasteiger partial charge in [0.2, 0.25) is 5.91 Å². The fraction of sp³-hybridized carbons (Fsp3) is 0.278. The number of urea groups is 1. The number of carbonyl (C=O) groups excluding carboxylic acids is 2. The van der Waals surface area contributed by atoms with Gasteiger partial charge in [0, 0.05) is 31.8 Å². The molecule has 0 spiro atoms. The Labute approximate surface area is 146 Å². The summed E-state index contributed by atoms with van der Waals surface area (Å²) in [6, 6.07) is 10.1. The fourth-order valence-corrected chi connectivity index (χ4v) is 2.14. The minimum absolute atomic E-state index is 0.145. The highest BCUT2D eigenvalue weighted by Crippen LogP contribution is 2.16. The Morgan fingerprint density at radius 2 is 1.96 bits per heavy atom. The lowest BCUT2D eigenvalue weighted by atomic mass is 10.2. The molecule has 3 N–H and O–H groups in total. The zero-order chi connectivity index (χ0) is 18.2. The van der Waals surface area contributed by atoms with Crippen molar-refractivity contribution in [3.8, 4) is 5.75 Å². The molecule has 0 bridgehead atoms. The van der Waals surface area contributed by atoms with Crippen molar-refractivity contribution in [3.63, 3.8) is 0 Å². The van der Waals surface area contributed by atoms with Crippen LogP contribution in [0.5, 0.6) is 5.75 Å². The first-order valence-corrected chi connectivity index (χ1v) is 7.94. The van der Waals surface area contributed by atoms with E-state index in [0.29, 0.717) is 11.4 Å². The molecule has 7 heteroatoms. The Morgan fingerprint density at radius 1 is 1.20 bits per heavy atom. The number of hydrogen-bond acceptors (Lipinski definition) is 4. The second kappa shape index (κ2) is 8.68. The topological polar surface area (TPSA) is 94.6 Å². The average Bonchev–Trinajstić information content (AvgIpc) is 2.59. The summed E-state index contributed by atoms with van der Waals surface area (Å²) in [6.45, 7) is 2.40. The van der Waals surface area contributed by atoms with Crippen LogP contribution in [0.2, 0.25) is 0 Å². The number of anilines is 1. The van der Waals surface area contributed by atoms with Crippen molar-refractivity contribution in [2.45, 2.75) is 19.9 Å². The van der Waals surface area contributed by atoms with Crippen LogP contribution >= 0.6 is 0 Å². The molecule has 0 fully saturated rings. The van der Waals surface area contributed by atoms with Gasteiger partial charge < -0.3 is 20.6 Å². The normalized spacial score (nSPS) is 10.2. The van der Waals surface area contributed by atoms with Crippen molar-refractivity contribution in [1.29, 1.82) is 0 Å². The van der Waals surface area contributed by atoms with Gasteiger partial charge in [0.25, 0.3) is 0 Å². The van der Waals surface area contributed by atoms with E-state index in [0.717, 1.165) is 5.56 Å². The van der Waals surface area contributed by atoms with Gasteiger partial charge in [0.15, 0.2) is 0 Å². The van der Waals surface area contributed by atoms with Gasteiger partial charge in [-0.05, 0) is 24.6 Å². The number of rotatable bonds is 6. The summed E-state index contributed by atoms with van der Waals surface area (Å²) >= 11 is 0. The first-order chi connectivity index (χ1) is 12.0. The maximum atomic E-state index is 12.0.